The quantitative estimate of drug-likeness (QED) is 0.407. The summed E-state index contributed by atoms with van der Waals surface area (Å²) >= 11 is 0. The van der Waals surface area contributed by atoms with Gasteiger partial charge in [-0.15, -0.1) is 0 Å². The molecule has 5 N–H and O–H groups in total. The van der Waals surface area contributed by atoms with Crippen LogP contribution in [0.2, 0.25) is 0 Å². The van der Waals surface area contributed by atoms with E-state index in [2.05, 4.69) is 5.32 Å². The molecule has 0 aliphatic heterocycles. The predicted molar refractivity (Wildman–Crippen MR) is 67.6 cm³/mol. The number of aliphatic hydroxyl groups excluding tert-OH is 2. The van der Waals surface area contributed by atoms with Crippen molar-refractivity contribution >= 4 is 15.7 Å². The van der Waals surface area contributed by atoms with Crippen LogP contribution < -0.4 is 11.1 Å². The van der Waals surface area contributed by atoms with Crippen LogP contribution in [-0.2, 0) is 14.6 Å². The van der Waals surface area contributed by atoms with Gasteiger partial charge in [-0.05, 0) is 12.8 Å². The van der Waals surface area contributed by atoms with E-state index < -0.39 is 40.5 Å². The fourth-order valence-electron chi connectivity index (χ4n) is 1.27. The molecule has 0 saturated heterocycles. The maximum Gasteiger partial charge on any atom is 0.237 e. The molecule has 0 aromatic rings. The molecule has 0 aliphatic carbocycles. The normalized spacial score (nSPS) is 14.3. The van der Waals surface area contributed by atoms with Crippen LogP contribution in [0.15, 0.2) is 0 Å². The summed E-state index contributed by atoms with van der Waals surface area (Å²) in [6.07, 6.45) is 1.40. The highest BCUT2D eigenvalue weighted by atomic mass is 32.2. The molecule has 0 aromatic heterocycles. The minimum atomic E-state index is -3.17. The lowest BCUT2D eigenvalue weighted by Crippen LogP contribution is -2.57. The summed E-state index contributed by atoms with van der Waals surface area (Å²) in [6.45, 7) is 0.879. The summed E-state index contributed by atoms with van der Waals surface area (Å²) in [4.78, 5) is 11.7. The van der Waals surface area contributed by atoms with Gasteiger partial charge in [0.15, 0.2) is 0 Å². The molecule has 0 spiro atoms. The Hall–Kier alpha value is -0.700. The van der Waals surface area contributed by atoms with Gasteiger partial charge in [0.1, 0.15) is 9.84 Å². The van der Waals surface area contributed by atoms with E-state index in [0.717, 1.165) is 6.26 Å². The largest absolute Gasteiger partial charge is 0.394 e. The highest BCUT2D eigenvalue weighted by Gasteiger charge is 2.30. The third-order valence-electron chi connectivity index (χ3n) is 2.81. The number of amides is 1. The second kappa shape index (κ2) is 7.03. The molecule has 0 saturated carbocycles. The second-order valence-electron chi connectivity index (χ2n) is 4.46. The van der Waals surface area contributed by atoms with Crippen molar-refractivity contribution in [3.63, 3.8) is 0 Å². The van der Waals surface area contributed by atoms with E-state index in [0.29, 0.717) is 6.42 Å². The lowest BCUT2D eigenvalue weighted by molar-refractivity contribution is -0.125. The van der Waals surface area contributed by atoms with Gasteiger partial charge in [0.05, 0.1) is 30.5 Å². The summed E-state index contributed by atoms with van der Waals surface area (Å²) in [6, 6.07) is -0.983. The zero-order valence-electron chi connectivity index (χ0n) is 10.7. The van der Waals surface area contributed by atoms with E-state index in [1.54, 1.807) is 6.92 Å². The molecule has 0 heterocycles. The topological polar surface area (TPSA) is 130 Å². The molecule has 1 atom stereocenters. The molecule has 0 bridgehead atoms. The Morgan fingerprint density at radius 3 is 2.22 bits per heavy atom. The number of sulfone groups is 1. The number of nitrogens with two attached hydrogens (primary N) is 1. The zero-order chi connectivity index (χ0) is 14.4. The third-order valence-corrected chi connectivity index (χ3v) is 3.78. The molecule has 0 radical (unpaired) electrons. The van der Waals surface area contributed by atoms with Crippen molar-refractivity contribution in [3.8, 4) is 0 Å². The van der Waals surface area contributed by atoms with E-state index in [4.69, 9.17) is 15.9 Å². The van der Waals surface area contributed by atoms with Crippen LogP contribution in [0.25, 0.3) is 0 Å². The van der Waals surface area contributed by atoms with Crippen molar-refractivity contribution in [1.29, 1.82) is 0 Å². The second-order valence-corrected chi connectivity index (χ2v) is 6.72. The highest BCUT2D eigenvalue weighted by molar-refractivity contribution is 7.90. The van der Waals surface area contributed by atoms with Gasteiger partial charge in [-0.1, -0.05) is 6.92 Å². The fourth-order valence-corrected chi connectivity index (χ4v) is 1.95. The van der Waals surface area contributed by atoms with Gasteiger partial charge in [0, 0.05) is 6.26 Å². The van der Waals surface area contributed by atoms with Gasteiger partial charge in [0.2, 0.25) is 5.91 Å². The highest BCUT2D eigenvalue weighted by Crippen LogP contribution is 2.09. The molecule has 0 rings (SSSR count). The molecular weight excluding hydrogens is 260 g/mol. The molecule has 0 aromatic carbocycles. The number of rotatable bonds is 8. The number of carbonyl (C=O) groups excluding carboxylic acids is 1. The third kappa shape index (κ3) is 5.76. The van der Waals surface area contributed by atoms with Crippen LogP contribution in [0, 0.1) is 0 Å². The van der Waals surface area contributed by atoms with Crippen LogP contribution in [0.1, 0.15) is 19.8 Å². The Morgan fingerprint density at radius 1 is 1.39 bits per heavy atom. The van der Waals surface area contributed by atoms with Gasteiger partial charge < -0.3 is 21.3 Å². The summed E-state index contributed by atoms with van der Waals surface area (Å²) in [5.74, 6) is -0.762. The summed E-state index contributed by atoms with van der Waals surface area (Å²) in [5, 5.41) is 20.8. The maximum absolute atomic E-state index is 11.7. The standard InChI is InChI=1S/C10H22N2O5S/c1-3-10(6-13,7-14)12-9(15)8(11)4-5-18(2,16)17/h8,13-14H,3-7,11H2,1-2H3,(H,12,15). The summed E-state index contributed by atoms with van der Waals surface area (Å²) in [7, 11) is -3.17. The molecule has 1 unspecified atom stereocenters. The van der Waals surface area contributed by atoms with Crippen molar-refractivity contribution in [2.24, 2.45) is 5.73 Å². The minimum absolute atomic E-state index is 0.00131. The number of aliphatic hydroxyl groups is 2. The van der Waals surface area contributed by atoms with Gasteiger partial charge in [0.25, 0.3) is 0 Å². The zero-order valence-corrected chi connectivity index (χ0v) is 11.5. The first kappa shape index (κ1) is 17.3. The summed E-state index contributed by atoms with van der Waals surface area (Å²) in [5.41, 5.74) is 4.44. The van der Waals surface area contributed by atoms with Crippen LogP contribution in [0.4, 0.5) is 0 Å². The predicted octanol–water partition coefficient (Wildman–Crippen LogP) is -2.00. The van der Waals surface area contributed by atoms with Crippen molar-refractivity contribution < 1.29 is 23.4 Å². The number of hydrogen-bond donors (Lipinski definition) is 4. The molecular formula is C10H22N2O5S. The van der Waals surface area contributed by atoms with Crippen LogP contribution in [0.5, 0.6) is 0 Å². The lowest BCUT2D eigenvalue weighted by Gasteiger charge is -2.30. The van der Waals surface area contributed by atoms with Crippen LogP contribution in [0.3, 0.4) is 0 Å². The number of carbonyl (C=O) groups is 1. The Kier molecular flexibility index (Phi) is 6.76. The van der Waals surface area contributed by atoms with Gasteiger partial charge in [-0.25, -0.2) is 8.42 Å². The smallest absolute Gasteiger partial charge is 0.237 e. The molecule has 0 aliphatic rings. The van der Waals surface area contributed by atoms with Crippen LogP contribution in [-0.4, -0.2) is 61.3 Å². The molecule has 1 amide bonds. The average molecular weight is 282 g/mol. The minimum Gasteiger partial charge on any atom is -0.394 e. The molecule has 0 fully saturated rings. The SMILES string of the molecule is CCC(CO)(CO)NC(=O)C(N)CCS(C)(=O)=O. The average Bonchev–Trinajstić information content (AvgIpc) is 2.32. The van der Waals surface area contributed by atoms with E-state index >= 15 is 0 Å². The van der Waals surface area contributed by atoms with Crippen molar-refractivity contribution in [2.75, 3.05) is 25.2 Å². The van der Waals surface area contributed by atoms with E-state index in [-0.39, 0.29) is 12.2 Å². The Bertz CT molecular complexity index is 356. The first-order chi connectivity index (χ1) is 8.19. The van der Waals surface area contributed by atoms with Gasteiger partial charge in [-0.2, -0.15) is 0 Å². The van der Waals surface area contributed by atoms with E-state index in [9.17, 15) is 13.2 Å². The Labute approximate surface area is 107 Å². The van der Waals surface area contributed by atoms with Crippen molar-refractivity contribution in [1.82, 2.24) is 5.32 Å². The van der Waals surface area contributed by atoms with Gasteiger partial charge >= 0.3 is 0 Å². The van der Waals surface area contributed by atoms with Gasteiger partial charge in [-0.3, -0.25) is 4.79 Å². The summed E-state index contributed by atoms with van der Waals surface area (Å²) < 4.78 is 21.9. The first-order valence-corrected chi connectivity index (χ1v) is 7.73. The monoisotopic (exact) mass is 282 g/mol. The van der Waals surface area contributed by atoms with Crippen LogP contribution >= 0.6 is 0 Å². The lowest BCUT2D eigenvalue weighted by atomic mass is 9.97. The van der Waals surface area contributed by atoms with Crippen molar-refractivity contribution in [3.05, 3.63) is 0 Å². The molecule has 7 nitrogen and oxygen atoms in total. The van der Waals surface area contributed by atoms with Crippen molar-refractivity contribution in [2.45, 2.75) is 31.3 Å². The first-order valence-electron chi connectivity index (χ1n) is 5.66. The molecule has 8 heteroatoms. The molecule has 18 heavy (non-hydrogen) atoms. The number of nitrogens with one attached hydrogen (secondary N) is 1. The Balaban J connectivity index is 4.47. The fraction of sp³-hybridized carbons (Fsp3) is 0.900. The van der Waals surface area contributed by atoms with E-state index in [1.807, 2.05) is 0 Å². The number of hydrogen-bond acceptors (Lipinski definition) is 6. The molecule has 108 valence electrons. The maximum atomic E-state index is 11.7. The Morgan fingerprint density at radius 2 is 1.89 bits per heavy atom. The van der Waals surface area contributed by atoms with E-state index in [1.165, 1.54) is 0 Å².